The van der Waals surface area contributed by atoms with Gasteiger partial charge in [0.2, 0.25) is 10.0 Å². The minimum absolute atomic E-state index is 0. The Kier molecular flexibility index (Phi) is 6.17. The number of hydrogen-bond acceptors (Lipinski definition) is 6. The van der Waals surface area contributed by atoms with Crippen LogP contribution in [-0.4, -0.2) is 41.2 Å². The lowest BCUT2D eigenvalue weighted by Crippen LogP contribution is -2.29. The van der Waals surface area contributed by atoms with E-state index < -0.39 is 19.9 Å². The topological polar surface area (TPSA) is 119 Å². The average molecular weight is 316 g/mol. The molecule has 0 atom stereocenters. The number of sulfonamides is 1. The molecule has 7 nitrogen and oxygen atoms in total. The van der Waals surface area contributed by atoms with E-state index in [-0.39, 0.29) is 35.4 Å². The number of rotatable bonds is 5. The monoisotopic (exact) mass is 315 g/mol. The Bertz CT molecular complexity index is 583. The third kappa shape index (κ3) is 4.50. The van der Waals surface area contributed by atoms with Gasteiger partial charge in [0.05, 0.1) is 0 Å². The first-order valence-electron chi connectivity index (χ1n) is 4.63. The van der Waals surface area contributed by atoms with E-state index in [1.54, 1.807) is 0 Å². The molecule has 0 aliphatic rings. The van der Waals surface area contributed by atoms with Crippen molar-refractivity contribution in [3.05, 3.63) is 18.3 Å². The lowest BCUT2D eigenvalue weighted by molar-refractivity contribution is 0.580. The van der Waals surface area contributed by atoms with Gasteiger partial charge in [-0.1, -0.05) is 0 Å². The highest BCUT2D eigenvalue weighted by Crippen LogP contribution is 2.10. The van der Waals surface area contributed by atoms with Crippen LogP contribution in [0.1, 0.15) is 0 Å². The van der Waals surface area contributed by atoms with E-state index in [0.29, 0.717) is 0 Å². The molecule has 1 aromatic rings. The van der Waals surface area contributed by atoms with Gasteiger partial charge in [0, 0.05) is 25.5 Å². The van der Waals surface area contributed by atoms with Crippen molar-refractivity contribution in [2.75, 3.05) is 19.3 Å². The number of nitrogens with zero attached hydrogens (tertiary/aromatic N) is 1. The second kappa shape index (κ2) is 6.43. The molecule has 0 spiro atoms. The van der Waals surface area contributed by atoms with Crippen LogP contribution < -0.4 is 10.5 Å². The van der Waals surface area contributed by atoms with Gasteiger partial charge in [0.15, 0.2) is 14.9 Å². The van der Waals surface area contributed by atoms with E-state index >= 15 is 0 Å². The van der Waals surface area contributed by atoms with Crippen molar-refractivity contribution in [2.24, 2.45) is 5.73 Å². The molecule has 0 amide bonds. The van der Waals surface area contributed by atoms with Gasteiger partial charge < -0.3 is 5.73 Å². The first-order chi connectivity index (χ1) is 7.77. The maximum Gasteiger partial charge on any atom is 0.242 e. The van der Waals surface area contributed by atoms with Crippen molar-refractivity contribution >= 4 is 32.3 Å². The molecule has 0 unspecified atom stereocenters. The van der Waals surface area contributed by atoms with Crippen molar-refractivity contribution in [3.63, 3.8) is 0 Å². The van der Waals surface area contributed by atoms with Crippen molar-refractivity contribution < 1.29 is 16.8 Å². The zero-order valence-corrected chi connectivity index (χ0v) is 12.0. The molecule has 0 saturated carbocycles. The van der Waals surface area contributed by atoms with Crippen LogP contribution in [0.25, 0.3) is 0 Å². The number of halogens is 1. The van der Waals surface area contributed by atoms with Crippen LogP contribution in [0.5, 0.6) is 0 Å². The minimum Gasteiger partial charge on any atom is -0.329 e. The van der Waals surface area contributed by atoms with Crippen LogP contribution in [0.15, 0.2) is 28.3 Å². The van der Waals surface area contributed by atoms with Gasteiger partial charge in [0.1, 0.15) is 4.90 Å². The Balaban J connectivity index is 0.00000289. The molecule has 10 heteroatoms. The van der Waals surface area contributed by atoms with Crippen molar-refractivity contribution in [1.29, 1.82) is 0 Å². The molecule has 0 radical (unpaired) electrons. The summed E-state index contributed by atoms with van der Waals surface area (Å²) in [6, 6.07) is 2.33. The lowest BCUT2D eigenvalue weighted by Gasteiger charge is -2.05. The second-order valence-corrected chi connectivity index (χ2v) is 7.02. The van der Waals surface area contributed by atoms with E-state index in [1.165, 1.54) is 6.07 Å². The first kappa shape index (κ1) is 17.3. The molecule has 0 aliphatic carbocycles. The van der Waals surface area contributed by atoms with Gasteiger partial charge in [-0.2, -0.15) is 0 Å². The SMILES string of the molecule is CS(=O)(=O)c1ccc(S(=O)(=O)NCCN)cn1.Cl. The van der Waals surface area contributed by atoms with E-state index in [2.05, 4.69) is 9.71 Å². The Morgan fingerprint density at radius 3 is 2.28 bits per heavy atom. The Morgan fingerprint density at radius 1 is 1.28 bits per heavy atom. The van der Waals surface area contributed by atoms with Crippen LogP contribution >= 0.6 is 12.4 Å². The fourth-order valence-corrected chi connectivity index (χ4v) is 2.57. The van der Waals surface area contributed by atoms with Gasteiger partial charge in [-0.05, 0) is 12.1 Å². The van der Waals surface area contributed by atoms with Gasteiger partial charge >= 0.3 is 0 Å². The second-order valence-electron chi connectivity index (χ2n) is 3.29. The third-order valence-corrected chi connectivity index (χ3v) is 4.28. The Morgan fingerprint density at radius 2 is 1.89 bits per heavy atom. The Hall–Kier alpha value is -0.740. The Labute approximate surface area is 112 Å². The number of nitrogens with one attached hydrogen (secondary N) is 1. The van der Waals surface area contributed by atoms with E-state index in [4.69, 9.17) is 5.73 Å². The van der Waals surface area contributed by atoms with Crippen molar-refractivity contribution in [1.82, 2.24) is 9.71 Å². The summed E-state index contributed by atoms with van der Waals surface area (Å²) in [4.78, 5) is 3.49. The molecular formula is C8H14ClN3O4S2. The van der Waals surface area contributed by atoms with Crippen LogP contribution in [-0.2, 0) is 19.9 Å². The zero-order valence-electron chi connectivity index (χ0n) is 9.53. The summed E-state index contributed by atoms with van der Waals surface area (Å²) >= 11 is 0. The molecule has 3 N–H and O–H groups in total. The quantitative estimate of drug-likeness (QED) is 0.730. The average Bonchev–Trinajstić information content (AvgIpc) is 2.25. The molecule has 18 heavy (non-hydrogen) atoms. The zero-order chi connectivity index (χ0) is 13.1. The summed E-state index contributed by atoms with van der Waals surface area (Å²) in [6.07, 6.45) is 1.99. The highest BCUT2D eigenvalue weighted by molar-refractivity contribution is 7.90. The molecule has 1 aromatic heterocycles. The molecule has 1 rings (SSSR count). The fourth-order valence-electron chi connectivity index (χ4n) is 1.02. The molecule has 0 aliphatic heterocycles. The summed E-state index contributed by atoms with van der Waals surface area (Å²) < 4.78 is 47.7. The number of sulfone groups is 1. The number of hydrogen-bond donors (Lipinski definition) is 2. The van der Waals surface area contributed by atoms with Crippen LogP contribution in [0.2, 0.25) is 0 Å². The minimum atomic E-state index is -3.67. The van der Waals surface area contributed by atoms with Crippen LogP contribution in [0.3, 0.4) is 0 Å². The lowest BCUT2D eigenvalue weighted by atomic mass is 10.5. The van der Waals surface area contributed by atoms with Crippen molar-refractivity contribution in [2.45, 2.75) is 9.92 Å². The van der Waals surface area contributed by atoms with Crippen LogP contribution in [0.4, 0.5) is 0 Å². The smallest absolute Gasteiger partial charge is 0.242 e. The highest BCUT2D eigenvalue weighted by atomic mass is 35.5. The first-order valence-corrected chi connectivity index (χ1v) is 8.00. The maximum atomic E-state index is 11.6. The third-order valence-electron chi connectivity index (χ3n) is 1.84. The highest BCUT2D eigenvalue weighted by Gasteiger charge is 2.15. The summed E-state index contributed by atoms with van der Waals surface area (Å²) in [5.74, 6) is 0. The molecular weight excluding hydrogens is 302 g/mol. The molecule has 0 bridgehead atoms. The summed E-state index contributed by atoms with van der Waals surface area (Å²) in [5, 5.41) is -0.171. The van der Waals surface area contributed by atoms with Crippen molar-refractivity contribution in [3.8, 4) is 0 Å². The van der Waals surface area contributed by atoms with Gasteiger partial charge in [-0.3, -0.25) is 0 Å². The molecule has 0 saturated heterocycles. The number of pyridine rings is 1. The molecule has 0 aromatic carbocycles. The molecule has 104 valence electrons. The van der Waals surface area contributed by atoms with Crippen LogP contribution in [0, 0.1) is 0 Å². The van der Waals surface area contributed by atoms with E-state index in [9.17, 15) is 16.8 Å². The predicted molar refractivity (Wildman–Crippen MR) is 68.8 cm³/mol. The summed E-state index contributed by atoms with van der Waals surface area (Å²) in [6.45, 7) is 0.282. The number of aromatic nitrogens is 1. The molecule has 1 heterocycles. The van der Waals surface area contributed by atoms with Gasteiger partial charge in [0.25, 0.3) is 0 Å². The normalized spacial score (nSPS) is 11.9. The predicted octanol–water partition coefficient (Wildman–Crippen LogP) is -0.856. The largest absolute Gasteiger partial charge is 0.329 e. The van der Waals surface area contributed by atoms with Gasteiger partial charge in [-0.15, -0.1) is 12.4 Å². The molecule has 0 fully saturated rings. The standard InChI is InChI=1S/C8H13N3O4S2.ClH/c1-16(12,13)8-3-2-7(6-10-8)17(14,15)11-5-4-9;/h2-3,6,11H,4-5,9H2,1H3;1H. The fraction of sp³-hybridized carbons (Fsp3) is 0.375. The van der Waals surface area contributed by atoms with E-state index in [0.717, 1.165) is 18.5 Å². The van der Waals surface area contributed by atoms with Gasteiger partial charge in [-0.25, -0.2) is 26.5 Å². The summed E-state index contributed by atoms with van der Waals surface area (Å²) in [7, 11) is -7.10. The number of nitrogens with two attached hydrogens (primary N) is 1. The maximum absolute atomic E-state index is 11.6. The van der Waals surface area contributed by atoms with E-state index in [1.807, 2.05) is 0 Å². The summed E-state index contributed by atoms with van der Waals surface area (Å²) in [5.41, 5.74) is 5.17.